The van der Waals surface area contributed by atoms with Gasteiger partial charge in [0.05, 0.1) is 6.10 Å². The van der Waals surface area contributed by atoms with Crippen molar-refractivity contribution >= 4 is 21.8 Å². The highest BCUT2D eigenvalue weighted by Crippen LogP contribution is 2.15. The average molecular weight is 348 g/mol. The van der Waals surface area contributed by atoms with Gasteiger partial charge in [0.2, 0.25) is 0 Å². The topological polar surface area (TPSA) is 38.3 Å². The molecule has 0 bridgehead atoms. The van der Waals surface area contributed by atoms with E-state index in [0.29, 0.717) is 12.1 Å². The third kappa shape index (κ3) is 4.90. The molecule has 0 aliphatic rings. The highest BCUT2D eigenvalue weighted by Gasteiger charge is 2.05. The number of hydrogen-bond acceptors (Lipinski definition) is 2. The number of rotatable bonds is 5. The van der Waals surface area contributed by atoms with Gasteiger partial charge in [-0.05, 0) is 55.8 Å². The first-order valence-electron chi connectivity index (χ1n) is 6.84. The first-order valence-corrected chi connectivity index (χ1v) is 7.63. The molecule has 0 unspecified atom stereocenters. The Morgan fingerprint density at radius 1 is 1.19 bits per heavy atom. The van der Waals surface area contributed by atoms with Crippen LogP contribution < -0.4 is 10.1 Å². The van der Waals surface area contributed by atoms with Crippen molar-refractivity contribution < 1.29 is 9.53 Å². The van der Waals surface area contributed by atoms with Gasteiger partial charge in [0, 0.05) is 16.6 Å². The highest BCUT2D eigenvalue weighted by molar-refractivity contribution is 9.10. The van der Waals surface area contributed by atoms with Crippen molar-refractivity contribution in [1.82, 2.24) is 5.32 Å². The highest BCUT2D eigenvalue weighted by atomic mass is 79.9. The Labute approximate surface area is 133 Å². The van der Waals surface area contributed by atoms with Gasteiger partial charge in [-0.25, -0.2) is 0 Å². The predicted octanol–water partition coefficient (Wildman–Crippen LogP) is 4.17. The van der Waals surface area contributed by atoms with Crippen LogP contribution in [0.3, 0.4) is 0 Å². The van der Waals surface area contributed by atoms with Crippen LogP contribution in [0, 0.1) is 0 Å². The van der Waals surface area contributed by atoms with Crippen LogP contribution in [0.2, 0.25) is 0 Å². The Morgan fingerprint density at radius 3 is 2.57 bits per heavy atom. The number of carbonyl (C=O) groups excluding carboxylic acids is 1. The van der Waals surface area contributed by atoms with Crippen LogP contribution in [0.5, 0.6) is 5.75 Å². The van der Waals surface area contributed by atoms with Gasteiger partial charge < -0.3 is 10.1 Å². The molecule has 0 heterocycles. The number of nitrogens with one attached hydrogen (secondary N) is 1. The van der Waals surface area contributed by atoms with Crippen LogP contribution >= 0.6 is 15.9 Å². The summed E-state index contributed by atoms with van der Waals surface area (Å²) in [5.74, 6) is 0.734. The molecule has 0 aromatic heterocycles. The monoisotopic (exact) mass is 347 g/mol. The summed E-state index contributed by atoms with van der Waals surface area (Å²) < 4.78 is 6.60. The van der Waals surface area contributed by atoms with Crippen LogP contribution in [0.1, 0.15) is 29.8 Å². The van der Waals surface area contributed by atoms with Gasteiger partial charge in [-0.15, -0.1) is 0 Å². The molecule has 1 amide bonds. The minimum absolute atomic E-state index is 0.0855. The summed E-state index contributed by atoms with van der Waals surface area (Å²) in [6.45, 7) is 4.45. The van der Waals surface area contributed by atoms with Crippen molar-refractivity contribution in [1.29, 1.82) is 0 Å². The van der Waals surface area contributed by atoms with E-state index >= 15 is 0 Å². The summed E-state index contributed by atoms with van der Waals surface area (Å²) in [6, 6.07) is 15.0. The molecule has 0 atom stereocenters. The first-order chi connectivity index (χ1) is 10.0. The van der Waals surface area contributed by atoms with Gasteiger partial charge in [0.15, 0.2) is 0 Å². The lowest BCUT2D eigenvalue weighted by atomic mass is 10.2. The van der Waals surface area contributed by atoms with Crippen molar-refractivity contribution in [2.45, 2.75) is 26.5 Å². The maximum absolute atomic E-state index is 12.0. The number of carbonyl (C=O) groups is 1. The molecule has 1 N–H and O–H groups in total. The minimum Gasteiger partial charge on any atom is -0.491 e. The Hall–Kier alpha value is -1.81. The van der Waals surface area contributed by atoms with Crippen molar-refractivity contribution in [3.05, 3.63) is 64.1 Å². The number of amides is 1. The molecule has 0 radical (unpaired) electrons. The summed E-state index contributed by atoms with van der Waals surface area (Å²) >= 11 is 3.35. The van der Waals surface area contributed by atoms with E-state index < -0.39 is 0 Å². The van der Waals surface area contributed by atoms with Crippen LogP contribution in [-0.4, -0.2) is 12.0 Å². The Bertz CT molecular complexity index is 608. The fraction of sp³-hybridized carbons (Fsp3) is 0.235. The van der Waals surface area contributed by atoms with Gasteiger partial charge in [-0.2, -0.15) is 0 Å². The molecule has 0 saturated heterocycles. The summed E-state index contributed by atoms with van der Waals surface area (Å²) in [7, 11) is 0. The Kier molecular flexibility index (Phi) is 5.39. The van der Waals surface area contributed by atoms with Crippen LogP contribution in [0.25, 0.3) is 0 Å². The van der Waals surface area contributed by atoms with Crippen LogP contribution in [-0.2, 0) is 6.54 Å². The number of benzene rings is 2. The first kappa shape index (κ1) is 15.6. The second-order valence-electron chi connectivity index (χ2n) is 5.00. The van der Waals surface area contributed by atoms with E-state index in [9.17, 15) is 4.79 Å². The average Bonchev–Trinajstić information content (AvgIpc) is 2.45. The minimum atomic E-state index is -0.0855. The van der Waals surface area contributed by atoms with Gasteiger partial charge in [0.25, 0.3) is 5.91 Å². The van der Waals surface area contributed by atoms with Crippen molar-refractivity contribution in [2.24, 2.45) is 0 Å². The second-order valence-corrected chi connectivity index (χ2v) is 5.92. The standard InChI is InChI=1S/C17H18BrNO2/c1-12(2)21-16-5-3-4-13(10-16)11-19-17(20)14-6-8-15(18)9-7-14/h3-10,12H,11H2,1-2H3,(H,19,20). The molecule has 0 fully saturated rings. The van der Waals surface area contributed by atoms with Crippen molar-refractivity contribution in [2.75, 3.05) is 0 Å². The summed E-state index contributed by atoms with van der Waals surface area (Å²) in [5.41, 5.74) is 1.66. The van der Waals surface area contributed by atoms with Gasteiger partial charge in [-0.1, -0.05) is 28.1 Å². The van der Waals surface area contributed by atoms with Crippen molar-refractivity contribution in [3.63, 3.8) is 0 Å². The van der Waals surface area contributed by atoms with E-state index in [2.05, 4.69) is 21.2 Å². The molecule has 3 nitrogen and oxygen atoms in total. The molecular formula is C17H18BrNO2. The van der Waals surface area contributed by atoms with E-state index in [1.165, 1.54) is 0 Å². The van der Waals surface area contributed by atoms with E-state index in [1.54, 1.807) is 12.1 Å². The summed E-state index contributed by atoms with van der Waals surface area (Å²) in [5, 5.41) is 2.91. The fourth-order valence-electron chi connectivity index (χ4n) is 1.89. The Morgan fingerprint density at radius 2 is 1.90 bits per heavy atom. The largest absolute Gasteiger partial charge is 0.491 e. The van der Waals surface area contributed by atoms with E-state index in [1.807, 2.05) is 50.2 Å². The Balaban J connectivity index is 1.96. The van der Waals surface area contributed by atoms with Crippen LogP contribution in [0.4, 0.5) is 0 Å². The molecule has 0 spiro atoms. The smallest absolute Gasteiger partial charge is 0.251 e. The van der Waals surface area contributed by atoms with Crippen molar-refractivity contribution in [3.8, 4) is 5.75 Å². The van der Waals surface area contributed by atoms with Gasteiger partial charge >= 0.3 is 0 Å². The van der Waals surface area contributed by atoms with E-state index in [-0.39, 0.29) is 12.0 Å². The zero-order chi connectivity index (χ0) is 15.2. The third-order valence-electron chi connectivity index (χ3n) is 2.83. The predicted molar refractivity (Wildman–Crippen MR) is 87.5 cm³/mol. The lowest BCUT2D eigenvalue weighted by molar-refractivity contribution is 0.0951. The van der Waals surface area contributed by atoms with E-state index in [4.69, 9.17) is 4.74 Å². The molecule has 2 aromatic rings. The molecule has 110 valence electrons. The molecule has 0 saturated carbocycles. The number of halogens is 1. The molecule has 21 heavy (non-hydrogen) atoms. The zero-order valence-corrected chi connectivity index (χ0v) is 13.7. The summed E-state index contributed by atoms with van der Waals surface area (Å²) in [4.78, 5) is 12.0. The molecule has 0 aliphatic carbocycles. The summed E-state index contributed by atoms with van der Waals surface area (Å²) in [6.07, 6.45) is 0.137. The fourth-order valence-corrected chi connectivity index (χ4v) is 2.15. The van der Waals surface area contributed by atoms with E-state index in [0.717, 1.165) is 15.8 Å². The lowest BCUT2D eigenvalue weighted by Crippen LogP contribution is -2.22. The number of ether oxygens (including phenoxy) is 1. The quantitative estimate of drug-likeness (QED) is 0.881. The molecule has 2 rings (SSSR count). The SMILES string of the molecule is CC(C)Oc1cccc(CNC(=O)c2ccc(Br)cc2)c1. The molecular weight excluding hydrogens is 330 g/mol. The third-order valence-corrected chi connectivity index (χ3v) is 3.36. The molecule has 2 aromatic carbocycles. The second kappa shape index (κ2) is 7.27. The maximum atomic E-state index is 12.0. The molecule has 0 aliphatic heterocycles. The normalized spacial score (nSPS) is 10.5. The number of hydrogen-bond donors (Lipinski definition) is 1. The lowest BCUT2D eigenvalue weighted by Gasteiger charge is -2.11. The van der Waals surface area contributed by atoms with Crippen LogP contribution in [0.15, 0.2) is 53.0 Å². The molecule has 4 heteroatoms. The van der Waals surface area contributed by atoms with Gasteiger partial charge in [0.1, 0.15) is 5.75 Å². The zero-order valence-electron chi connectivity index (χ0n) is 12.1. The van der Waals surface area contributed by atoms with Gasteiger partial charge in [-0.3, -0.25) is 4.79 Å². The maximum Gasteiger partial charge on any atom is 0.251 e.